The zero-order valence-electron chi connectivity index (χ0n) is 20.2. The molecule has 3 rings (SSSR count). The Labute approximate surface area is 201 Å². The van der Waals surface area contributed by atoms with E-state index in [-0.39, 0.29) is 17.7 Å². The maximum atomic E-state index is 13.1. The van der Waals surface area contributed by atoms with Gasteiger partial charge in [-0.1, -0.05) is 13.8 Å². The molecule has 2 amide bonds. The summed E-state index contributed by atoms with van der Waals surface area (Å²) in [6.45, 7) is 9.10. The smallest absolute Gasteiger partial charge is 0.251 e. The number of methoxy groups -OCH3 is 1. The van der Waals surface area contributed by atoms with Crippen LogP contribution in [0.1, 0.15) is 30.6 Å². The first-order chi connectivity index (χ1) is 16.4. The van der Waals surface area contributed by atoms with Gasteiger partial charge in [0.05, 0.1) is 7.11 Å². The molecule has 2 N–H and O–H groups in total. The second kappa shape index (κ2) is 12.4. The maximum Gasteiger partial charge on any atom is 0.251 e. The van der Waals surface area contributed by atoms with E-state index < -0.39 is 11.9 Å². The molecule has 1 atom stereocenters. The van der Waals surface area contributed by atoms with Crippen molar-refractivity contribution < 1.29 is 18.7 Å². The Balaban J connectivity index is 1.38. The number of halogens is 1. The summed E-state index contributed by atoms with van der Waals surface area (Å²) in [5.74, 6) is -0.204. The summed E-state index contributed by atoms with van der Waals surface area (Å²) < 4.78 is 18.3. The lowest BCUT2D eigenvalue weighted by molar-refractivity contribution is -0.123. The predicted molar refractivity (Wildman–Crippen MR) is 132 cm³/mol. The largest absolute Gasteiger partial charge is 0.497 e. The summed E-state index contributed by atoms with van der Waals surface area (Å²) in [4.78, 5) is 29.9. The molecule has 0 spiro atoms. The van der Waals surface area contributed by atoms with Gasteiger partial charge >= 0.3 is 0 Å². The van der Waals surface area contributed by atoms with Crippen molar-refractivity contribution >= 4 is 17.5 Å². The Bertz CT molecular complexity index is 926. The maximum absolute atomic E-state index is 13.1. The predicted octanol–water partition coefficient (Wildman–Crippen LogP) is 2.92. The van der Waals surface area contributed by atoms with Crippen molar-refractivity contribution in [1.29, 1.82) is 0 Å². The number of amides is 2. The molecule has 1 saturated heterocycles. The average molecular weight is 471 g/mol. The van der Waals surface area contributed by atoms with Crippen molar-refractivity contribution in [2.24, 2.45) is 5.92 Å². The zero-order valence-corrected chi connectivity index (χ0v) is 20.2. The Hall–Kier alpha value is -3.13. The van der Waals surface area contributed by atoms with Crippen LogP contribution in [-0.4, -0.2) is 69.1 Å². The van der Waals surface area contributed by atoms with E-state index in [0.717, 1.165) is 44.9 Å². The van der Waals surface area contributed by atoms with Crippen LogP contribution in [0.4, 0.5) is 10.1 Å². The number of ether oxygens (including phenoxy) is 1. The van der Waals surface area contributed by atoms with Crippen LogP contribution in [0.25, 0.3) is 0 Å². The number of hydrogen-bond acceptors (Lipinski definition) is 5. The van der Waals surface area contributed by atoms with E-state index in [9.17, 15) is 14.0 Å². The first-order valence-corrected chi connectivity index (χ1v) is 11.8. The topological polar surface area (TPSA) is 73.9 Å². The van der Waals surface area contributed by atoms with Crippen molar-refractivity contribution in [1.82, 2.24) is 15.5 Å². The van der Waals surface area contributed by atoms with Gasteiger partial charge in [-0.2, -0.15) is 0 Å². The lowest BCUT2D eigenvalue weighted by Gasteiger charge is -2.36. The third-order valence-electron chi connectivity index (χ3n) is 6.10. The van der Waals surface area contributed by atoms with E-state index in [2.05, 4.69) is 32.6 Å². The summed E-state index contributed by atoms with van der Waals surface area (Å²) in [5.41, 5.74) is 1.53. The highest BCUT2D eigenvalue weighted by atomic mass is 19.1. The average Bonchev–Trinajstić information content (AvgIpc) is 2.85. The minimum absolute atomic E-state index is 0.0737. The highest BCUT2D eigenvalue weighted by Crippen LogP contribution is 2.20. The number of benzene rings is 2. The standard InChI is InChI=1S/C26H35FN4O3/c1-19(2)24(29-25(32)20-5-7-21(27)8-6-20)26(33)28-13-4-14-30-15-17-31(18-16-30)22-9-11-23(34-3)12-10-22/h5-12,19,24H,4,13-18H2,1-3H3,(H,28,33)(H,29,32). The quantitative estimate of drug-likeness (QED) is 0.523. The van der Waals surface area contributed by atoms with E-state index in [1.807, 2.05) is 26.0 Å². The number of carbonyl (C=O) groups excluding carboxylic acids is 2. The molecule has 7 nitrogen and oxygen atoms in total. The Morgan fingerprint density at radius 2 is 1.65 bits per heavy atom. The van der Waals surface area contributed by atoms with Gasteiger partial charge in [0.25, 0.3) is 5.91 Å². The van der Waals surface area contributed by atoms with Crippen LogP contribution in [-0.2, 0) is 4.79 Å². The number of hydrogen-bond donors (Lipinski definition) is 2. The third-order valence-corrected chi connectivity index (χ3v) is 6.10. The molecular formula is C26H35FN4O3. The molecule has 0 radical (unpaired) electrons. The van der Waals surface area contributed by atoms with Gasteiger partial charge in [0, 0.05) is 44.0 Å². The van der Waals surface area contributed by atoms with Crippen LogP contribution < -0.4 is 20.3 Å². The molecule has 1 aliphatic rings. The SMILES string of the molecule is COc1ccc(N2CCN(CCCNC(=O)C(NC(=O)c3ccc(F)cc3)C(C)C)CC2)cc1. The summed E-state index contributed by atoms with van der Waals surface area (Å²) in [5, 5.41) is 5.73. The fraction of sp³-hybridized carbons (Fsp3) is 0.462. The van der Waals surface area contributed by atoms with Gasteiger partial charge in [0.1, 0.15) is 17.6 Å². The van der Waals surface area contributed by atoms with E-state index in [0.29, 0.717) is 12.1 Å². The minimum atomic E-state index is -0.648. The van der Waals surface area contributed by atoms with Gasteiger partial charge in [0.15, 0.2) is 0 Å². The minimum Gasteiger partial charge on any atom is -0.497 e. The number of rotatable bonds is 10. The van der Waals surface area contributed by atoms with Gasteiger partial charge in [-0.3, -0.25) is 14.5 Å². The zero-order chi connectivity index (χ0) is 24.5. The summed E-state index contributed by atoms with van der Waals surface area (Å²) in [6, 6.07) is 12.8. The molecule has 1 heterocycles. The van der Waals surface area contributed by atoms with Crippen molar-refractivity contribution in [2.45, 2.75) is 26.3 Å². The molecule has 8 heteroatoms. The lowest BCUT2D eigenvalue weighted by Crippen LogP contribution is -2.50. The molecule has 184 valence electrons. The molecule has 1 unspecified atom stereocenters. The van der Waals surface area contributed by atoms with Crippen molar-refractivity contribution in [3.8, 4) is 5.75 Å². The first-order valence-electron chi connectivity index (χ1n) is 11.8. The number of nitrogens with one attached hydrogen (secondary N) is 2. The molecule has 0 bridgehead atoms. The van der Waals surface area contributed by atoms with Crippen LogP contribution in [0.2, 0.25) is 0 Å². The highest BCUT2D eigenvalue weighted by molar-refractivity contribution is 5.97. The van der Waals surface area contributed by atoms with Gasteiger partial charge in [0.2, 0.25) is 5.91 Å². The van der Waals surface area contributed by atoms with Crippen molar-refractivity contribution in [2.75, 3.05) is 51.3 Å². The van der Waals surface area contributed by atoms with Crippen LogP contribution in [0.3, 0.4) is 0 Å². The van der Waals surface area contributed by atoms with Gasteiger partial charge in [-0.25, -0.2) is 4.39 Å². The molecule has 0 aromatic heterocycles. The van der Waals surface area contributed by atoms with E-state index in [4.69, 9.17) is 4.74 Å². The second-order valence-electron chi connectivity index (χ2n) is 8.87. The van der Waals surface area contributed by atoms with E-state index in [1.165, 1.54) is 30.0 Å². The fourth-order valence-electron chi connectivity index (χ4n) is 4.01. The van der Waals surface area contributed by atoms with Crippen LogP contribution >= 0.6 is 0 Å². The molecule has 0 aliphatic carbocycles. The first kappa shape index (κ1) is 25.5. The monoisotopic (exact) mass is 470 g/mol. The van der Waals surface area contributed by atoms with Crippen molar-refractivity contribution in [3.05, 3.63) is 59.9 Å². The molecule has 34 heavy (non-hydrogen) atoms. The third kappa shape index (κ3) is 7.18. The highest BCUT2D eigenvalue weighted by Gasteiger charge is 2.24. The number of anilines is 1. The molecule has 2 aromatic rings. The van der Waals surface area contributed by atoms with E-state index >= 15 is 0 Å². The van der Waals surface area contributed by atoms with Gasteiger partial charge < -0.3 is 20.3 Å². The summed E-state index contributed by atoms with van der Waals surface area (Å²) >= 11 is 0. The van der Waals surface area contributed by atoms with E-state index in [1.54, 1.807) is 7.11 Å². The van der Waals surface area contributed by atoms with Crippen LogP contribution in [0, 0.1) is 11.7 Å². The number of carbonyl (C=O) groups is 2. The molecular weight excluding hydrogens is 435 g/mol. The molecule has 1 aliphatic heterocycles. The normalized spacial score (nSPS) is 15.1. The molecule has 0 saturated carbocycles. The summed E-state index contributed by atoms with van der Waals surface area (Å²) in [6.07, 6.45) is 0.838. The Kier molecular flexibility index (Phi) is 9.27. The van der Waals surface area contributed by atoms with Crippen molar-refractivity contribution in [3.63, 3.8) is 0 Å². The summed E-state index contributed by atoms with van der Waals surface area (Å²) in [7, 11) is 1.67. The van der Waals surface area contributed by atoms with Gasteiger partial charge in [-0.05, 0) is 67.4 Å². The fourth-order valence-corrected chi connectivity index (χ4v) is 4.01. The molecule has 1 fully saturated rings. The number of piperazine rings is 1. The number of nitrogens with zero attached hydrogens (tertiary/aromatic N) is 2. The lowest BCUT2D eigenvalue weighted by atomic mass is 10.0. The Morgan fingerprint density at radius 3 is 2.24 bits per heavy atom. The second-order valence-corrected chi connectivity index (χ2v) is 8.87. The van der Waals surface area contributed by atoms with Crippen LogP contribution in [0.15, 0.2) is 48.5 Å². The van der Waals surface area contributed by atoms with Crippen LogP contribution in [0.5, 0.6) is 5.75 Å². The van der Waals surface area contributed by atoms with Gasteiger partial charge in [-0.15, -0.1) is 0 Å². The Morgan fingerprint density at radius 1 is 1.00 bits per heavy atom. The molecule has 2 aromatic carbocycles.